The molecule has 2 heterocycles. The number of carbonyl (C=O) groups excluding carboxylic acids is 2. The SMILES string of the molecule is CC(=O)N1c2ccc(C(=O)NC[C@H](C)O)cc2[C@H](Nc2ccc(C#N)cn2)[C@@H](C)[C@@H]1C. The molecular formula is C23H27N5O3. The molecular weight excluding hydrogens is 394 g/mol. The molecule has 162 valence electrons. The van der Waals surface area contributed by atoms with E-state index in [0.717, 1.165) is 11.3 Å². The highest BCUT2D eigenvalue weighted by Crippen LogP contribution is 2.42. The molecule has 0 radical (unpaired) electrons. The Morgan fingerprint density at radius 3 is 2.61 bits per heavy atom. The van der Waals surface area contributed by atoms with E-state index < -0.39 is 6.10 Å². The normalized spacial score (nSPS) is 20.9. The molecule has 3 N–H and O–H groups in total. The van der Waals surface area contributed by atoms with E-state index in [4.69, 9.17) is 5.26 Å². The van der Waals surface area contributed by atoms with Crippen molar-refractivity contribution in [2.75, 3.05) is 16.8 Å². The van der Waals surface area contributed by atoms with Gasteiger partial charge in [-0.15, -0.1) is 0 Å². The summed E-state index contributed by atoms with van der Waals surface area (Å²) in [5.74, 6) is 0.264. The summed E-state index contributed by atoms with van der Waals surface area (Å²) in [5, 5.41) is 24.6. The Labute approximate surface area is 181 Å². The maximum Gasteiger partial charge on any atom is 0.251 e. The fourth-order valence-corrected chi connectivity index (χ4v) is 3.89. The van der Waals surface area contributed by atoms with Crippen LogP contribution in [0.1, 0.15) is 55.2 Å². The van der Waals surface area contributed by atoms with Crippen LogP contribution in [0.2, 0.25) is 0 Å². The highest BCUT2D eigenvalue weighted by atomic mass is 16.3. The molecule has 1 aromatic carbocycles. The average molecular weight is 422 g/mol. The van der Waals surface area contributed by atoms with Gasteiger partial charge in [-0.3, -0.25) is 9.59 Å². The monoisotopic (exact) mass is 421 g/mol. The molecule has 0 aliphatic carbocycles. The van der Waals surface area contributed by atoms with Gasteiger partial charge in [0.2, 0.25) is 5.91 Å². The minimum atomic E-state index is -0.646. The summed E-state index contributed by atoms with van der Waals surface area (Å²) in [5.41, 5.74) is 2.48. The number of anilines is 2. The van der Waals surface area contributed by atoms with E-state index in [2.05, 4.69) is 21.7 Å². The van der Waals surface area contributed by atoms with Crippen molar-refractivity contribution in [2.45, 2.75) is 45.9 Å². The minimum Gasteiger partial charge on any atom is -0.392 e. The van der Waals surface area contributed by atoms with Crippen LogP contribution in [0.15, 0.2) is 36.5 Å². The third kappa shape index (κ3) is 4.67. The van der Waals surface area contributed by atoms with Crippen molar-refractivity contribution < 1.29 is 14.7 Å². The first kappa shape index (κ1) is 22.2. The maximum atomic E-state index is 12.6. The molecule has 0 spiro atoms. The molecule has 1 aliphatic rings. The summed E-state index contributed by atoms with van der Waals surface area (Å²) < 4.78 is 0. The van der Waals surface area contributed by atoms with Gasteiger partial charge in [-0.25, -0.2) is 4.98 Å². The standard InChI is InChI=1S/C23H27N5O3/c1-13(29)11-26-23(31)18-6-7-20-19(9-18)22(14(2)15(3)28(20)16(4)30)27-21-8-5-17(10-24)12-25-21/h5-9,12-15,22,29H,11H2,1-4H3,(H,25,27)(H,26,31)/t13-,14-,15-,22+/m0/s1. The number of aliphatic hydroxyl groups is 1. The molecule has 0 saturated carbocycles. The van der Waals surface area contributed by atoms with Crippen molar-refractivity contribution >= 4 is 23.3 Å². The number of fused-ring (bicyclic) bond motifs is 1. The van der Waals surface area contributed by atoms with Gasteiger partial charge < -0.3 is 20.6 Å². The van der Waals surface area contributed by atoms with Gasteiger partial charge in [-0.05, 0) is 49.7 Å². The predicted molar refractivity (Wildman–Crippen MR) is 118 cm³/mol. The maximum absolute atomic E-state index is 12.6. The lowest BCUT2D eigenvalue weighted by Gasteiger charge is -2.44. The first-order valence-electron chi connectivity index (χ1n) is 10.3. The van der Waals surface area contributed by atoms with E-state index in [9.17, 15) is 14.7 Å². The van der Waals surface area contributed by atoms with Gasteiger partial charge in [0, 0.05) is 42.9 Å². The fraction of sp³-hybridized carbons (Fsp3) is 0.391. The minimum absolute atomic E-state index is 0.0182. The largest absolute Gasteiger partial charge is 0.392 e. The van der Waals surface area contributed by atoms with Crippen LogP contribution in [0.3, 0.4) is 0 Å². The second kappa shape index (κ2) is 9.14. The van der Waals surface area contributed by atoms with Gasteiger partial charge in [0.25, 0.3) is 5.91 Å². The number of hydrogen-bond acceptors (Lipinski definition) is 6. The highest BCUT2D eigenvalue weighted by Gasteiger charge is 2.38. The van der Waals surface area contributed by atoms with E-state index in [0.29, 0.717) is 16.9 Å². The Morgan fingerprint density at radius 2 is 2.03 bits per heavy atom. The zero-order valence-corrected chi connectivity index (χ0v) is 18.1. The number of amides is 2. The average Bonchev–Trinajstić information content (AvgIpc) is 2.75. The number of benzene rings is 1. The molecule has 3 rings (SSSR count). The molecule has 0 unspecified atom stereocenters. The number of nitriles is 1. The lowest BCUT2D eigenvalue weighted by Crippen LogP contribution is -2.48. The summed E-state index contributed by atoms with van der Waals surface area (Å²) in [4.78, 5) is 31.0. The van der Waals surface area contributed by atoms with Gasteiger partial charge in [0.15, 0.2) is 0 Å². The third-order valence-electron chi connectivity index (χ3n) is 5.67. The molecule has 4 atom stereocenters. The number of hydrogen-bond donors (Lipinski definition) is 3. The quantitative estimate of drug-likeness (QED) is 0.683. The van der Waals surface area contributed by atoms with Gasteiger partial charge in [0.1, 0.15) is 11.9 Å². The number of aromatic nitrogens is 1. The van der Waals surface area contributed by atoms with Crippen LogP contribution < -0.4 is 15.5 Å². The molecule has 0 saturated heterocycles. The summed E-state index contributed by atoms with van der Waals surface area (Å²) in [6.45, 7) is 7.33. The Hall–Kier alpha value is -3.44. The van der Waals surface area contributed by atoms with E-state index >= 15 is 0 Å². The van der Waals surface area contributed by atoms with E-state index in [-0.39, 0.29) is 36.4 Å². The molecule has 8 heteroatoms. The molecule has 8 nitrogen and oxygen atoms in total. The van der Waals surface area contributed by atoms with Crippen molar-refractivity contribution in [1.29, 1.82) is 5.26 Å². The molecule has 0 fully saturated rings. The van der Waals surface area contributed by atoms with Crippen LogP contribution in [0.25, 0.3) is 0 Å². The molecule has 2 aromatic rings. The van der Waals surface area contributed by atoms with Crippen LogP contribution in [0.4, 0.5) is 11.5 Å². The molecule has 0 bridgehead atoms. The first-order chi connectivity index (χ1) is 14.7. The first-order valence-corrected chi connectivity index (χ1v) is 10.3. The molecule has 2 amide bonds. The Morgan fingerprint density at radius 1 is 1.29 bits per heavy atom. The predicted octanol–water partition coefficient (Wildman–Crippen LogP) is 2.61. The van der Waals surface area contributed by atoms with Gasteiger partial charge >= 0.3 is 0 Å². The van der Waals surface area contributed by atoms with Crippen LogP contribution in [0, 0.1) is 17.2 Å². The smallest absolute Gasteiger partial charge is 0.251 e. The number of aliphatic hydroxyl groups excluding tert-OH is 1. The van der Waals surface area contributed by atoms with Crippen molar-refractivity contribution in [1.82, 2.24) is 10.3 Å². The van der Waals surface area contributed by atoms with Crippen molar-refractivity contribution in [3.05, 3.63) is 53.2 Å². The van der Waals surface area contributed by atoms with Crippen LogP contribution in [-0.2, 0) is 4.79 Å². The van der Waals surface area contributed by atoms with Crippen molar-refractivity contribution in [2.24, 2.45) is 5.92 Å². The summed E-state index contributed by atoms with van der Waals surface area (Å²) in [6, 6.07) is 10.5. The summed E-state index contributed by atoms with van der Waals surface area (Å²) in [6.07, 6.45) is 0.856. The van der Waals surface area contributed by atoms with E-state index in [1.54, 1.807) is 42.2 Å². The number of rotatable bonds is 5. The topological polar surface area (TPSA) is 118 Å². The van der Waals surface area contributed by atoms with Gasteiger partial charge in [0.05, 0.1) is 17.7 Å². The Bertz CT molecular complexity index is 1010. The lowest BCUT2D eigenvalue weighted by atomic mass is 9.82. The second-order valence-corrected chi connectivity index (χ2v) is 7.99. The van der Waals surface area contributed by atoms with E-state index in [1.165, 1.54) is 13.1 Å². The molecule has 31 heavy (non-hydrogen) atoms. The fourth-order valence-electron chi connectivity index (χ4n) is 3.89. The number of nitrogens with zero attached hydrogens (tertiary/aromatic N) is 3. The van der Waals surface area contributed by atoms with Gasteiger partial charge in [-0.1, -0.05) is 6.92 Å². The van der Waals surface area contributed by atoms with Gasteiger partial charge in [-0.2, -0.15) is 5.26 Å². The molecule has 1 aliphatic heterocycles. The highest BCUT2D eigenvalue weighted by molar-refractivity contribution is 5.98. The summed E-state index contributed by atoms with van der Waals surface area (Å²) in [7, 11) is 0. The van der Waals surface area contributed by atoms with E-state index in [1.807, 2.05) is 13.8 Å². The number of carbonyl (C=O) groups is 2. The van der Waals surface area contributed by atoms with Crippen molar-refractivity contribution in [3.63, 3.8) is 0 Å². The van der Waals surface area contributed by atoms with Crippen LogP contribution >= 0.6 is 0 Å². The Balaban J connectivity index is 2.01. The number of pyridine rings is 1. The third-order valence-corrected chi connectivity index (χ3v) is 5.67. The second-order valence-electron chi connectivity index (χ2n) is 7.99. The van der Waals surface area contributed by atoms with Crippen LogP contribution in [0.5, 0.6) is 0 Å². The summed E-state index contributed by atoms with van der Waals surface area (Å²) >= 11 is 0. The van der Waals surface area contributed by atoms with Crippen LogP contribution in [-0.4, -0.2) is 40.6 Å². The Kier molecular flexibility index (Phi) is 6.56. The number of nitrogens with one attached hydrogen (secondary N) is 2. The zero-order chi connectivity index (χ0) is 22.7. The zero-order valence-electron chi connectivity index (χ0n) is 18.1. The molecule has 1 aromatic heterocycles. The van der Waals surface area contributed by atoms with Crippen molar-refractivity contribution in [3.8, 4) is 6.07 Å². The lowest BCUT2D eigenvalue weighted by molar-refractivity contribution is -0.117.